The fraction of sp³-hybridized carbons (Fsp3) is 0.182. The summed E-state index contributed by atoms with van der Waals surface area (Å²) in [4.78, 5) is 0. The lowest BCUT2D eigenvalue weighted by Gasteiger charge is -2.12. The molecule has 2 aromatic rings. The largest absolute Gasteiger partial charge is 0.322 e. The molecule has 1 heterocycles. The van der Waals surface area contributed by atoms with Gasteiger partial charge >= 0.3 is 0 Å². The number of nitrogens with zero attached hydrogens (tertiary/aromatic N) is 2. The van der Waals surface area contributed by atoms with Crippen LogP contribution in [0.2, 0.25) is 0 Å². The van der Waals surface area contributed by atoms with E-state index in [9.17, 15) is 8.78 Å². The molecule has 3 nitrogen and oxygen atoms in total. The highest BCUT2D eigenvalue weighted by atomic mass is 19.1. The quantitative estimate of drug-likeness (QED) is 0.863. The number of hydrogen-bond donors (Lipinski definition) is 1. The molecule has 0 aliphatic rings. The fourth-order valence-electron chi connectivity index (χ4n) is 1.51. The minimum atomic E-state index is -0.625. The Hall–Kier alpha value is -1.75. The van der Waals surface area contributed by atoms with Crippen LogP contribution in [-0.2, 0) is 6.54 Å². The molecule has 16 heavy (non-hydrogen) atoms. The Labute approximate surface area is 91.5 Å². The van der Waals surface area contributed by atoms with Crippen molar-refractivity contribution < 1.29 is 8.78 Å². The summed E-state index contributed by atoms with van der Waals surface area (Å²) in [6.07, 6.45) is 3.36. The summed E-state index contributed by atoms with van der Waals surface area (Å²) in [5, 5.41) is 3.97. The minimum absolute atomic E-state index is 0.289. The topological polar surface area (TPSA) is 43.8 Å². The standard InChI is InChI=1S/C11H11F2N3/c12-8-2-3-9(10(13)6-8)11(14)7-16-5-1-4-15-16/h1-6,11H,7,14H2. The van der Waals surface area contributed by atoms with Gasteiger partial charge < -0.3 is 5.73 Å². The van der Waals surface area contributed by atoms with Crippen molar-refractivity contribution in [3.05, 3.63) is 53.9 Å². The van der Waals surface area contributed by atoms with Crippen LogP contribution in [0.5, 0.6) is 0 Å². The van der Waals surface area contributed by atoms with Crippen LogP contribution in [0.25, 0.3) is 0 Å². The van der Waals surface area contributed by atoms with E-state index in [0.717, 1.165) is 6.07 Å². The zero-order valence-corrected chi connectivity index (χ0v) is 8.48. The summed E-state index contributed by atoms with van der Waals surface area (Å²) in [6.45, 7) is 0.357. The number of benzene rings is 1. The number of nitrogens with two attached hydrogens (primary N) is 1. The van der Waals surface area contributed by atoms with Crippen molar-refractivity contribution in [2.75, 3.05) is 0 Å². The number of hydrogen-bond acceptors (Lipinski definition) is 2. The Kier molecular flexibility index (Phi) is 2.96. The van der Waals surface area contributed by atoms with Crippen molar-refractivity contribution in [3.8, 4) is 0 Å². The van der Waals surface area contributed by atoms with Crippen LogP contribution in [0.1, 0.15) is 11.6 Å². The van der Waals surface area contributed by atoms with Crippen LogP contribution >= 0.6 is 0 Å². The second kappa shape index (κ2) is 4.40. The molecule has 0 amide bonds. The third kappa shape index (κ3) is 2.25. The summed E-state index contributed by atoms with van der Waals surface area (Å²) in [5.41, 5.74) is 6.10. The average molecular weight is 223 g/mol. The summed E-state index contributed by atoms with van der Waals surface area (Å²) in [7, 11) is 0. The van der Waals surface area contributed by atoms with Gasteiger partial charge in [0.1, 0.15) is 11.6 Å². The molecule has 1 unspecified atom stereocenters. The minimum Gasteiger partial charge on any atom is -0.322 e. The molecule has 0 aliphatic heterocycles. The van der Waals surface area contributed by atoms with Gasteiger partial charge in [-0.2, -0.15) is 5.10 Å². The van der Waals surface area contributed by atoms with Crippen molar-refractivity contribution in [1.82, 2.24) is 9.78 Å². The smallest absolute Gasteiger partial charge is 0.130 e. The van der Waals surface area contributed by atoms with Crippen molar-refractivity contribution in [1.29, 1.82) is 0 Å². The maximum atomic E-state index is 13.4. The Morgan fingerprint density at radius 2 is 2.19 bits per heavy atom. The second-order valence-electron chi connectivity index (χ2n) is 3.50. The van der Waals surface area contributed by atoms with Crippen LogP contribution in [0, 0.1) is 11.6 Å². The Balaban J connectivity index is 2.17. The van der Waals surface area contributed by atoms with E-state index in [0.29, 0.717) is 6.54 Å². The fourth-order valence-corrected chi connectivity index (χ4v) is 1.51. The third-order valence-corrected chi connectivity index (χ3v) is 2.30. The van der Waals surface area contributed by atoms with Crippen LogP contribution < -0.4 is 5.73 Å². The molecule has 0 bridgehead atoms. The first kappa shape index (κ1) is 10.8. The number of rotatable bonds is 3. The monoisotopic (exact) mass is 223 g/mol. The molecule has 0 saturated heterocycles. The summed E-state index contributed by atoms with van der Waals surface area (Å²) in [6, 6.07) is 4.60. The second-order valence-corrected chi connectivity index (χ2v) is 3.50. The number of halogens is 2. The average Bonchev–Trinajstić information content (AvgIpc) is 2.70. The van der Waals surface area contributed by atoms with Gasteiger partial charge in [-0.25, -0.2) is 8.78 Å². The van der Waals surface area contributed by atoms with Crippen LogP contribution in [-0.4, -0.2) is 9.78 Å². The molecule has 1 aromatic heterocycles. The molecule has 0 saturated carbocycles. The molecule has 2 rings (SSSR count). The normalized spacial score (nSPS) is 12.7. The van der Waals surface area contributed by atoms with Gasteiger partial charge in [0.25, 0.3) is 0 Å². The molecule has 1 atom stereocenters. The molecular formula is C11H11F2N3. The van der Waals surface area contributed by atoms with Crippen molar-refractivity contribution in [3.63, 3.8) is 0 Å². The first-order chi connectivity index (χ1) is 7.66. The lowest BCUT2D eigenvalue weighted by molar-refractivity contribution is 0.496. The lowest BCUT2D eigenvalue weighted by atomic mass is 10.1. The van der Waals surface area contributed by atoms with Crippen LogP contribution in [0.4, 0.5) is 8.78 Å². The van der Waals surface area contributed by atoms with E-state index >= 15 is 0 Å². The van der Waals surface area contributed by atoms with Crippen molar-refractivity contribution in [2.45, 2.75) is 12.6 Å². The zero-order valence-electron chi connectivity index (χ0n) is 8.48. The van der Waals surface area contributed by atoms with Crippen LogP contribution in [0.15, 0.2) is 36.7 Å². The molecule has 1 aromatic carbocycles. The van der Waals surface area contributed by atoms with Gasteiger partial charge in [0.05, 0.1) is 12.6 Å². The van der Waals surface area contributed by atoms with E-state index in [1.54, 1.807) is 23.1 Å². The van der Waals surface area contributed by atoms with Crippen molar-refractivity contribution >= 4 is 0 Å². The molecular weight excluding hydrogens is 212 g/mol. The molecule has 0 radical (unpaired) electrons. The van der Waals surface area contributed by atoms with E-state index in [4.69, 9.17) is 5.73 Å². The maximum absolute atomic E-state index is 13.4. The zero-order chi connectivity index (χ0) is 11.5. The lowest BCUT2D eigenvalue weighted by Crippen LogP contribution is -2.19. The van der Waals surface area contributed by atoms with Gasteiger partial charge in [-0.15, -0.1) is 0 Å². The Bertz CT molecular complexity index is 468. The van der Waals surface area contributed by atoms with E-state index in [1.807, 2.05) is 0 Å². The predicted octanol–water partition coefficient (Wildman–Crippen LogP) is 1.86. The van der Waals surface area contributed by atoms with E-state index < -0.39 is 17.7 Å². The van der Waals surface area contributed by atoms with Crippen molar-refractivity contribution in [2.24, 2.45) is 5.73 Å². The highest BCUT2D eigenvalue weighted by molar-refractivity contribution is 5.21. The molecule has 84 valence electrons. The Morgan fingerprint density at radius 3 is 2.81 bits per heavy atom. The van der Waals surface area contributed by atoms with Gasteiger partial charge in [0, 0.05) is 24.0 Å². The summed E-state index contributed by atoms with van der Waals surface area (Å²) < 4.78 is 27.7. The van der Waals surface area contributed by atoms with Gasteiger partial charge in [-0.3, -0.25) is 4.68 Å². The maximum Gasteiger partial charge on any atom is 0.130 e. The van der Waals surface area contributed by atoms with E-state index in [-0.39, 0.29) is 5.56 Å². The first-order valence-corrected chi connectivity index (χ1v) is 4.85. The van der Waals surface area contributed by atoms with E-state index in [1.165, 1.54) is 12.1 Å². The third-order valence-electron chi connectivity index (χ3n) is 2.30. The highest BCUT2D eigenvalue weighted by Crippen LogP contribution is 2.17. The number of aromatic nitrogens is 2. The first-order valence-electron chi connectivity index (χ1n) is 4.85. The highest BCUT2D eigenvalue weighted by Gasteiger charge is 2.12. The van der Waals surface area contributed by atoms with E-state index in [2.05, 4.69) is 5.10 Å². The van der Waals surface area contributed by atoms with Gasteiger partial charge in [-0.1, -0.05) is 6.07 Å². The van der Waals surface area contributed by atoms with Crippen LogP contribution in [0.3, 0.4) is 0 Å². The molecule has 0 aliphatic carbocycles. The summed E-state index contributed by atoms with van der Waals surface area (Å²) in [5.74, 6) is -1.23. The van der Waals surface area contributed by atoms with Gasteiger partial charge in [-0.05, 0) is 12.1 Å². The Morgan fingerprint density at radius 1 is 1.38 bits per heavy atom. The van der Waals surface area contributed by atoms with Gasteiger partial charge in [0.2, 0.25) is 0 Å². The summed E-state index contributed by atoms with van der Waals surface area (Å²) >= 11 is 0. The molecule has 0 fully saturated rings. The SMILES string of the molecule is NC(Cn1cccn1)c1ccc(F)cc1F. The molecule has 2 N–H and O–H groups in total. The molecule has 0 spiro atoms. The molecule has 5 heteroatoms. The van der Waals surface area contributed by atoms with Gasteiger partial charge in [0.15, 0.2) is 0 Å². The predicted molar refractivity (Wildman–Crippen MR) is 55.5 cm³/mol.